The van der Waals surface area contributed by atoms with Crippen LogP contribution in [0.2, 0.25) is 0 Å². The SMILES string of the molecule is CC[C@H]1OC(=O)C(C)(F)C(=O)[C@H](C)[C@@H](O[C@@H]2O[C@H](C)CC(N(C)C)C2O)[C@](C)(OC)C[C@@H](C)CN[C@H](C)[C@H]2N(CCCCn3cc(-c4cccc(N)c4)nn3)C(=O)O[C@]12n1ccc(N)nc1=O. The van der Waals surface area contributed by atoms with Gasteiger partial charge in [0.25, 0.3) is 11.4 Å². The minimum Gasteiger partial charge on any atom is -0.453 e. The summed E-state index contributed by atoms with van der Waals surface area (Å²) in [5, 5.41) is 23.6. The Bertz CT molecular complexity index is 2280. The van der Waals surface area contributed by atoms with Crippen molar-refractivity contribution in [3.63, 3.8) is 0 Å². The number of esters is 1. The van der Waals surface area contributed by atoms with Gasteiger partial charge in [0.05, 0.1) is 24.0 Å². The molecule has 2 aromatic heterocycles. The number of fused-ring (bicyclic) bond motifs is 1. The van der Waals surface area contributed by atoms with E-state index in [-0.39, 0.29) is 43.3 Å². The average molecular weight is 941 g/mol. The number of nitrogen functional groups attached to an aromatic ring is 2. The molecule has 3 fully saturated rings. The number of nitrogens with two attached hydrogens (primary N) is 2. The van der Waals surface area contributed by atoms with E-state index in [1.807, 2.05) is 51.9 Å². The van der Waals surface area contributed by atoms with Gasteiger partial charge in [-0.05, 0) is 105 Å². The van der Waals surface area contributed by atoms with E-state index in [2.05, 4.69) is 20.6 Å². The molecular formula is C46H69FN10O10. The third kappa shape index (κ3) is 10.5. The normalized spacial score (nSPS) is 34.6. The van der Waals surface area contributed by atoms with Crippen molar-refractivity contribution < 1.29 is 47.6 Å². The number of nitrogens with one attached hydrogen (secondary N) is 1. The lowest BCUT2D eigenvalue weighted by Gasteiger charge is -2.47. The highest BCUT2D eigenvalue weighted by atomic mass is 19.1. The Labute approximate surface area is 390 Å². The molecule has 3 aliphatic rings. The highest BCUT2D eigenvalue weighted by molar-refractivity contribution is 6.07. The fourth-order valence-corrected chi connectivity index (χ4v) is 10.1. The summed E-state index contributed by atoms with van der Waals surface area (Å²) in [6, 6.07) is 6.48. The molecule has 3 unspecified atom stereocenters. The van der Waals surface area contributed by atoms with Crippen molar-refractivity contribution in [2.24, 2.45) is 11.8 Å². The number of hydrogen-bond donors (Lipinski definition) is 4. The molecule has 67 heavy (non-hydrogen) atoms. The van der Waals surface area contributed by atoms with Gasteiger partial charge < -0.3 is 50.5 Å². The number of anilines is 2. The molecule has 3 aromatic rings. The molecule has 0 bridgehead atoms. The molecule has 21 heteroatoms. The number of ketones is 1. The number of nitrogens with zero attached hydrogens (tertiary/aromatic N) is 7. The highest BCUT2D eigenvalue weighted by Gasteiger charge is 2.64. The van der Waals surface area contributed by atoms with Crippen molar-refractivity contribution in [3.05, 3.63) is 53.2 Å². The minimum absolute atomic E-state index is 0.111. The fourth-order valence-electron chi connectivity index (χ4n) is 10.1. The standard InChI is InChI=1S/C46H69FN10O10/c1-11-34-46(57-20-17-35(49)51-42(57)61)37(56(43(62)67-46)19-13-12-18-55-25-32(52-53-55)30-15-14-16-31(48)22-30)29(5)50-24-26(2)23-44(6,63-10)39(28(4)38(59)45(7,47)41(60)65-34)66-40-36(58)33(54(8)9)21-27(3)64-40/h14-17,20,22,25-29,33-34,36-37,39-40,50,58H,11-13,18-19,21,23-24,48H2,1-10H3,(H2,49,51,61)/t26-,27-,28+,29-,33?,34-,36?,37-,39-,40+,44-,45?,46-/m1/s1. The summed E-state index contributed by atoms with van der Waals surface area (Å²) in [4.78, 5) is 64.7. The maximum atomic E-state index is 17.4. The zero-order valence-corrected chi connectivity index (χ0v) is 40.3. The number of carbonyl (C=O) groups is 3. The van der Waals surface area contributed by atoms with Gasteiger partial charge in [-0.1, -0.05) is 38.1 Å². The van der Waals surface area contributed by atoms with Crippen molar-refractivity contribution in [3.8, 4) is 11.3 Å². The van der Waals surface area contributed by atoms with Crippen LogP contribution in [0.5, 0.6) is 0 Å². The molecular weight excluding hydrogens is 872 g/mol. The first-order valence-electron chi connectivity index (χ1n) is 23.1. The number of rotatable bonds is 12. The molecule has 6 N–H and O–H groups in total. The van der Waals surface area contributed by atoms with Crippen molar-refractivity contribution in [2.75, 3.05) is 45.8 Å². The molecule has 1 amide bonds. The number of benzene rings is 1. The number of amides is 1. The van der Waals surface area contributed by atoms with E-state index in [0.29, 0.717) is 43.7 Å². The highest BCUT2D eigenvalue weighted by Crippen LogP contribution is 2.43. The van der Waals surface area contributed by atoms with Gasteiger partial charge in [0.2, 0.25) is 0 Å². The first kappa shape index (κ1) is 51.3. The van der Waals surface area contributed by atoms with Gasteiger partial charge in [-0.3, -0.25) is 18.9 Å². The van der Waals surface area contributed by atoms with Crippen molar-refractivity contribution in [1.82, 2.24) is 39.7 Å². The van der Waals surface area contributed by atoms with Crippen LogP contribution in [-0.2, 0) is 45.5 Å². The first-order valence-corrected chi connectivity index (χ1v) is 23.1. The molecule has 3 saturated heterocycles. The number of cyclic esters (lactones) is 1. The van der Waals surface area contributed by atoms with E-state index in [4.69, 9.17) is 35.2 Å². The number of aliphatic hydroxyl groups is 1. The lowest BCUT2D eigenvalue weighted by atomic mass is 9.78. The minimum atomic E-state index is -3.32. The van der Waals surface area contributed by atoms with Gasteiger partial charge in [0.15, 0.2) is 18.2 Å². The van der Waals surface area contributed by atoms with Crippen LogP contribution in [0.1, 0.15) is 80.6 Å². The van der Waals surface area contributed by atoms with Crippen LogP contribution in [-0.4, -0.2) is 152 Å². The van der Waals surface area contributed by atoms with Gasteiger partial charge >= 0.3 is 17.8 Å². The summed E-state index contributed by atoms with van der Waals surface area (Å²) < 4.78 is 51.4. The number of aliphatic hydroxyl groups excluding tert-OH is 1. The first-order chi connectivity index (χ1) is 31.6. The summed E-state index contributed by atoms with van der Waals surface area (Å²) in [5.41, 5.74) is 6.26. The van der Waals surface area contributed by atoms with E-state index < -0.39 is 83.1 Å². The molecule has 3 aliphatic heterocycles. The van der Waals surface area contributed by atoms with Crippen LogP contribution < -0.4 is 22.5 Å². The number of carbonyl (C=O) groups excluding carboxylic acids is 3. The maximum absolute atomic E-state index is 17.4. The second-order valence-electron chi connectivity index (χ2n) is 19.1. The quantitative estimate of drug-likeness (QED) is 0.0881. The van der Waals surface area contributed by atoms with Gasteiger partial charge in [-0.2, -0.15) is 4.98 Å². The third-order valence-corrected chi connectivity index (χ3v) is 13.6. The van der Waals surface area contributed by atoms with Gasteiger partial charge in [0.1, 0.15) is 23.7 Å². The Morgan fingerprint density at radius 3 is 2.43 bits per heavy atom. The number of Topliss-reactive ketones (excluding diaryl/α,β-unsaturated/α-hetero) is 1. The number of alkyl halides is 1. The smallest absolute Gasteiger partial charge is 0.412 e. The Morgan fingerprint density at radius 1 is 1.06 bits per heavy atom. The lowest BCUT2D eigenvalue weighted by Crippen LogP contribution is -2.65. The third-order valence-electron chi connectivity index (χ3n) is 13.6. The van der Waals surface area contributed by atoms with Gasteiger partial charge in [-0.25, -0.2) is 18.8 Å². The number of aromatic nitrogens is 5. The molecule has 370 valence electrons. The summed E-state index contributed by atoms with van der Waals surface area (Å²) in [5.74, 6) is -4.52. The van der Waals surface area contributed by atoms with Crippen molar-refractivity contribution >= 4 is 29.4 Å². The van der Waals surface area contributed by atoms with E-state index in [1.165, 1.54) is 31.2 Å². The summed E-state index contributed by atoms with van der Waals surface area (Å²) in [7, 11) is 5.11. The van der Waals surface area contributed by atoms with Crippen LogP contribution in [0, 0.1) is 11.8 Å². The Kier molecular flexibility index (Phi) is 15.8. The average Bonchev–Trinajstić information content (AvgIpc) is 3.87. The van der Waals surface area contributed by atoms with Gasteiger partial charge in [-0.15, -0.1) is 5.10 Å². The molecule has 5 heterocycles. The Balaban J connectivity index is 1.37. The molecule has 0 aliphatic carbocycles. The zero-order valence-electron chi connectivity index (χ0n) is 40.3. The topological polar surface area (TPSA) is 254 Å². The predicted molar refractivity (Wildman–Crippen MR) is 245 cm³/mol. The molecule has 0 saturated carbocycles. The monoisotopic (exact) mass is 941 g/mol. The lowest BCUT2D eigenvalue weighted by molar-refractivity contribution is -0.295. The number of aryl methyl sites for hydroxylation is 1. The summed E-state index contributed by atoms with van der Waals surface area (Å²) in [6.45, 7) is 12.1. The van der Waals surface area contributed by atoms with Gasteiger partial charge in [0, 0.05) is 55.6 Å². The number of ether oxygens (including phenoxy) is 5. The number of likely N-dealkylation sites (N-methyl/N-ethyl adjacent to an activating group) is 1. The van der Waals surface area contributed by atoms with E-state index >= 15 is 4.39 Å². The molecule has 0 spiro atoms. The van der Waals surface area contributed by atoms with Crippen molar-refractivity contribution in [1.29, 1.82) is 0 Å². The number of unbranched alkanes of at least 4 members (excludes halogenated alkanes) is 1. The second-order valence-corrected chi connectivity index (χ2v) is 19.1. The largest absolute Gasteiger partial charge is 0.453 e. The zero-order chi connectivity index (χ0) is 49.2. The maximum Gasteiger partial charge on any atom is 0.412 e. The van der Waals surface area contributed by atoms with Crippen LogP contribution in [0.3, 0.4) is 0 Å². The number of halogens is 1. The second kappa shape index (κ2) is 20.7. The molecule has 6 rings (SSSR count). The van der Waals surface area contributed by atoms with Crippen molar-refractivity contribution in [2.45, 2.75) is 153 Å². The molecule has 20 nitrogen and oxygen atoms in total. The summed E-state index contributed by atoms with van der Waals surface area (Å²) in [6.07, 6.45) is -1.67. The predicted octanol–water partition coefficient (Wildman–Crippen LogP) is 3.11. The Hall–Kier alpha value is -5.06. The number of methoxy groups -OCH3 is 1. The van der Waals surface area contributed by atoms with E-state index in [9.17, 15) is 24.3 Å². The molecule has 1 aromatic carbocycles. The fraction of sp³-hybridized carbons (Fsp3) is 0.674. The van der Waals surface area contributed by atoms with Crippen LogP contribution in [0.25, 0.3) is 11.3 Å². The van der Waals surface area contributed by atoms with E-state index in [1.54, 1.807) is 36.9 Å². The van der Waals surface area contributed by atoms with Crippen LogP contribution >= 0.6 is 0 Å². The summed E-state index contributed by atoms with van der Waals surface area (Å²) >= 11 is 0. The molecule has 0 radical (unpaired) electrons. The van der Waals surface area contributed by atoms with Crippen LogP contribution in [0.15, 0.2) is 47.5 Å². The Morgan fingerprint density at radius 2 is 1.78 bits per heavy atom. The van der Waals surface area contributed by atoms with E-state index in [0.717, 1.165) is 17.1 Å². The molecule has 13 atom stereocenters. The van der Waals surface area contributed by atoms with Crippen LogP contribution in [0.4, 0.5) is 20.7 Å². The number of hydrogen-bond acceptors (Lipinski definition) is 17.